The molecule has 0 spiro atoms. The Morgan fingerprint density at radius 1 is 1.08 bits per heavy atom. The van der Waals surface area contributed by atoms with Crippen LogP contribution in [0.3, 0.4) is 0 Å². The van der Waals surface area contributed by atoms with Gasteiger partial charge >= 0.3 is 0 Å². The number of hydrogen-bond acceptors (Lipinski definition) is 6. The van der Waals surface area contributed by atoms with Crippen LogP contribution in [-0.4, -0.2) is 36.0 Å². The first kappa shape index (κ1) is 19.0. The zero-order valence-corrected chi connectivity index (χ0v) is 14.9. The smallest absolute Gasteiger partial charge is 0.290 e. The molecule has 1 aromatic heterocycles. The molecule has 136 valence electrons. The lowest BCUT2D eigenvalue weighted by Crippen LogP contribution is -2.05. The average molecular weight is 355 g/mol. The second-order valence-electron chi connectivity index (χ2n) is 5.32. The third-order valence-corrected chi connectivity index (χ3v) is 3.81. The van der Waals surface area contributed by atoms with Crippen LogP contribution >= 0.6 is 0 Å². The highest BCUT2D eigenvalue weighted by Crippen LogP contribution is 2.27. The minimum Gasteiger partial charge on any atom is -0.497 e. The summed E-state index contributed by atoms with van der Waals surface area (Å²) in [7, 11) is 3.29. The molecule has 1 heterocycles. The van der Waals surface area contributed by atoms with Crippen LogP contribution < -0.4 is 14.8 Å². The van der Waals surface area contributed by atoms with Crippen molar-refractivity contribution in [3.8, 4) is 11.5 Å². The van der Waals surface area contributed by atoms with E-state index in [2.05, 4.69) is 21.6 Å². The third-order valence-electron chi connectivity index (χ3n) is 3.81. The van der Waals surface area contributed by atoms with Crippen molar-refractivity contribution >= 4 is 23.1 Å². The van der Waals surface area contributed by atoms with Gasteiger partial charge in [-0.3, -0.25) is 4.79 Å². The van der Waals surface area contributed by atoms with Crippen molar-refractivity contribution in [3.05, 3.63) is 53.7 Å². The van der Waals surface area contributed by atoms with Crippen LogP contribution in [0, 0.1) is 6.92 Å². The minimum atomic E-state index is -0.250. The summed E-state index contributed by atoms with van der Waals surface area (Å²) in [4.78, 5) is 8.36. The fraction of sp³-hybridized carbons (Fsp3) is 0.211. The highest BCUT2D eigenvalue weighted by molar-refractivity contribution is 5.92. The standard InChI is InChI=1S/C18H19N3O2.CH2O2/c1-12-15-6-4-5-7-16(15)18(21-20-12)19-11-13-8-9-14(22-2)10-17(13)23-3;2-1-3/h4-10H,11H2,1-3H3,(H,19,21);1H,(H,2,3). The number of fused-ring (bicyclic) bond motifs is 1. The van der Waals surface area contributed by atoms with E-state index in [9.17, 15) is 0 Å². The van der Waals surface area contributed by atoms with Crippen LogP contribution in [0.5, 0.6) is 11.5 Å². The van der Waals surface area contributed by atoms with Gasteiger partial charge in [0, 0.05) is 28.9 Å². The van der Waals surface area contributed by atoms with Gasteiger partial charge in [-0.2, -0.15) is 5.10 Å². The van der Waals surface area contributed by atoms with Crippen LogP contribution in [0.1, 0.15) is 11.3 Å². The molecule has 0 aliphatic heterocycles. The van der Waals surface area contributed by atoms with E-state index in [4.69, 9.17) is 19.4 Å². The highest BCUT2D eigenvalue weighted by atomic mass is 16.5. The van der Waals surface area contributed by atoms with Gasteiger partial charge in [0.25, 0.3) is 6.47 Å². The van der Waals surface area contributed by atoms with E-state index in [1.165, 1.54) is 0 Å². The number of methoxy groups -OCH3 is 2. The van der Waals surface area contributed by atoms with Crippen molar-refractivity contribution in [1.29, 1.82) is 0 Å². The van der Waals surface area contributed by atoms with E-state index in [-0.39, 0.29) is 6.47 Å². The molecule has 2 N–H and O–H groups in total. The molecule has 2 aromatic carbocycles. The summed E-state index contributed by atoms with van der Waals surface area (Å²) < 4.78 is 10.6. The lowest BCUT2D eigenvalue weighted by atomic mass is 10.1. The number of hydrogen-bond donors (Lipinski definition) is 2. The molecular weight excluding hydrogens is 334 g/mol. The molecule has 7 nitrogen and oxygen atoms in total. The third kappa shape index (κ3) is 4.38. The predicted molar refractivity (Wildman–Crippen MR) is 99.8 cm³/mol. The first-order valence-electron chi connectivity index (χ1n) is 7.89. The number of carboxylic acid groups (broad SMARTS) is 1. The van der Waals surface area contributed by atoms with Gasteiger partial charge in [-0.1, -0.05) is 24.3 Å². The molecule has 0 amide bonds. The second-order valence-corrected chi connectivity index (χ2v) is 5.32. The quantitative estimate of drug-likeness (QED) is 0.678. The molecule has 0 fully saturated rings. The molecular formula is C19H21N3O4. The van der Waals surface area contributed by atoms with E-state index in [1.807, 2.05) is 43.3 Å². The zero-order chi connectivity index (χ0) is 18.9. The Hall–Kier alpha value is -3.35. The molecule has 0 bridgehead atoms. The zero-order valence-electron chi connectivity index (χ0n) is 14.9. The molecule has 0 radical (unpaired) electrons. The van der Waals surface area contributed by atoms with Crippen LogP contribution in [-0.2, 0) is 11.3 Å². The molecule has 0 unspecified atom stereocenters. The molecule has 0 aliphatic rings. The summed E-state index contributed by atoms with van der Waals surface area (Å²) in [5.74, 6) is 2.32. The summed E-state index contributed by atoms with van der Waals surface area (Å²) >= 11 is 0. The summed E-state index contributed by atoms with van der Waals surface area (Å²) in [5.41, 5.74) is 1.95. The van der Waals surface area contributed by atoms with Gasteiger partial charge in [-0.05, 0) is 19.1 Å². The maximum absolute atomic E-state index is 8.36. The number of anilines is 1. The van der Waals surface area contributed by atoms with E-state index in [1.54, 1.807) is 14.2 Å². The molecule has 7 heteroatoms. The largest absolute Gasteiger partial charge is 0.497 e. The summed E-state index contributed by atoms with van der Waals surface area (Å²) in [6.45, 7) is 2.31. The Morgan fingerprint density at radius 2 is 1.77 bits per heavy atom. The van der Waals surface area contributed by atoms with Crippen LogP contribution in [0.15, 0.2) is 42.5 Å². The number of rotatable bonds is 5. The number of benzene rings is 2. The number of aromatic nitrogens is 2. The maximum Gasteiger partial charge on any atom is 0.290 e. The summed E-state index contributed by atoms with van der Waals surface area (Å²) in [6, 6.07) is 13.9. The minimum absolute atomic E-state index is 0.250. The SMILES string of the molecule is COc1ccc(CNc2nnc(C)c3ccccc23)c(OC)c1.O=CO. The van der Waals surface area contributed by atoms with Crippen molar-refractivity contribution < 1.29 is 19.4 Å². The fourth-order valence-corrected chi connectivity index (χ4v) is 2.55. The van der Waals surface area contributed by atoms with Gasteiger partial charge in [0.2, 0.25) is 0 Å². The van der Waals surface area contributed by atoms with Crippen molar-refractivity contribution in [2.45, 2.75) is 13.5 Å². The topological polar surface area (TPSA) is 93.6 Å². The van der Waals surface area contributed by atoms with E-state index < -0.39 is 0 Å². The first-order valence-corrected chi connectivity index (χ1v) is 7.89. The van der Waals surface area contributed by atoms with Crippen LogP contribution in [0.25, 0.3) is 10.8 Å². The van der Waals surface area contributed by atoms with Gasteiger partial charge in [0.15, 0.2) is 5.82 Å². The monoisotopic (exact) mass is 355 g/mol. The normalized spacial score (nSPS) is 9.81. The number of aryl methyl sites for hydroxylation is 1. The lowest BCUT2D eigenvalue weighted by molar-refractivity contribution is -0.122. The molecule has 0 saturated heterocycles. The molecule has 0 aliphatic carbocycles. The Morgan fingerprint density at radius 3 is 2.42 bits per heavy atom. The Labute approximate surface area is 151 Å². The number of ether oxygens (including phenoxy) is 2. The maximum atomic E-state index is 8.36. The number of nitrogens with one attached hydrogen (secondary N) is 1. The van der Waals surface area contributed by atoms with Crippen molar-refractivity contribution in [3.63, 3.8) is 0 Å². The van der Waals surface area contributed by atoms with Gasteiger partial charge in [-0.15, -0.1) is 5.10 Å². The van der Waals surface area contributed by atoms with Gasteiger partial charge in [-0.25, -0.2) is 0 Å². The van der Waals surface area contributed by atoms with E-state index in [0.29, 0.717) is 6.54 Å². The van der Waals surface area contributed by atoms with Gasteiger partial charge < -0.3 is 19.9 Å². The van der Waals surface area contributed by atoms with E-state index >= 15 is 0 Å². The molecule has 3 rings (SSSR count). The number of carbonyl (C=O) groups is 1. The summed E-state index contributed by atoms with van der Waals surface area (Å²) in [5, 5.41) is 20.9. The van der Waals surface area contributed by atoms with E-state index in [0.717, 1.165) is 39.3 Å². The molecule has 26 heavy (non-hydrogen) atoms. The van der Waals surface area contributed by atoms with Crippen molar-refractivity contribution in [1.82, 2.24) is 10.2 Å². The number of nitrogens with zero attached hydrogens (tertiary/aromatic N) is 2. The molecule has 0 saturated carbocycles. The Bertz CT molecular complexity index is 884. The van der Waals surface area contributed by atoms with Crippen molar-refractivity contribution in [2.75, 3.05) is 19.5 Å². The fourth-order valence-electron chi connectivity index (χ4n) is 2.55. The summed E-state index contributed by atoms with van der Waals surface area (Å²) in [6.07, 6.45) is 0. The van der Waals surface area contributed by atoms with Crippen LogP contribution in [0.2, 0.25) is 0 Å². The second kappa shape index (κ2) is 9.22. The van der Waals surface area contributed by atoms with Crippen LogP contribution in [0.4, 0.5) is 5.82 Å². The Kier molecular flexibility index (Phi) is 6.73. The first-order chi connectivity index (χ1) is 12.6. The van der Waals surface area contributed by atoms with Gasteiger partial charge in [0.1, 0.15) is 11.5 Å². The average Bonchev–Trinajstić information content (AvgIpc) is 2.68. The van der Waals surface area contributed by atoms with Gasteiger partial charge in [0.05, 0.1) is 19.9 Å². The highest BCUT2D eigenvalue weighted by Gasteiger charge is 2.08. The predicted octanol–water partition coefficient (Wildman–Crippen LogP) is 3.27. The Balaban J connectivity index is 0.000000758. The molecule has 0 atom stereocenters. The molecule has 3 aromatic rings. The van der Waals surface area contributed by atoms with Crippen molar-refractivity contribution in [2.24, 2.45) is 0 Å². The lowest BCUT2D eigenvalue weighted by Gasteiger charge is -2.13.